The summed E-state index contributed by atoms with van der Waals surface area (Å²) in [5.74, 6) is -0.426. The number of aryl methyl sites for hydroxylation is 1. The molecule has 1 saturated carbocycles. The maximum Gasteiger partial charge on any atom is 0.274 e. The Morgan fingerprint density at radius 1 is 1.17 bits per heavy atom. The van der Waals surface area contributed by atoms with Gasteiger partial charge in [-0.3, -0.25) is 9.59 Å². The quantitative estimate of drug-likeness (QED) is 0.403. The van der Waals surface area contributed by atoms with Crippen LogP contribution in [0.3, 0.4) is 0 Å². The third kappa shape index (κ3) is 3.97. The first-order valence-corrected chi connectivity index (χ1v) is 13.0. The molecule has 4 aromatic rings. The first-order valence-electron chi connectivity index (χ1n) is 12.2. The fourth-order valence-electron chi connectivity index (χ4n) is 5.75. The van der Waals surface area contributed by atoms with Gasteiger partial charge in [-0.1, -0.05) is 35.8 Å². The molecule has 1 aliphatic carbocycles. The number of likely N-dealkylation sites (tertiary alicyclic amines) is 1. The predicted octanol–water partition coefficient (Wildman–Crippen LogP) is 5.21. The van der Waals surface area contributed by atoms with Crippen LogP contribution >= 0.6 is 11.3 Å². The van der Waals surface area contributed by atoms with Gasteiger partial charge >= 0.3 is 0 Å². The van der Waals surface area contributed by atoms with Crippen molar-refractivity contribution in [3.8, 4) is 10.4 Å². The van der Waals surface area contributed by atoms with E-state index in [0.29, 0.717) is 39.6 Å². The van der Waals surface area contributed by atoms with E-state index in [-0.39, 0.29) is 35.4 Å². The number of thiazole rings is 1. The number of aromatic nitrogens is 2. The van der Waals surface area contributed by atoms with E-state index < -0.39 is 0 Å². The Bertz CT molecular complexity index is 1460. The van der Waals surface area contributed by atoms with Crippen molar-refractivity contribution in [3.05, 3.63) is 70.7 Å². The molecule has 2 aromatic heterocycles. The second-order valence-corrected chi connectivity index (χ2v) is 10.7. The zero-order valence-electron chi connectivity index (χ0n) is 19.7. The van der Waals surface area contributed by atoms with Gasteiger partial charge in [-0.25, -0.2) is 9.37 Å². The molecular formula is C27H25FN4O3S. The number of fused-ring (bicyclic) bond motifs is 2. The molecule has 0 radical (unpaired) electrons. The van der Waals surface area contributed by atoms with E-state index in [1.165, 1.54) is 23.5 Å². The minimum absolute atomic E-state index is 0.120. The molecule has 0 spiro atoms. The summed E-state index contributed by atoms with van der Waals surface area (Å²) in [5, 5.41) is 8.34. The number of nitrogens with zero attached hydrogens (tertiary/aromatic N) is 3. The topological polar surface area (TPSA) is 88.3 Å². The van der Waals surface area contributed by atoms with E-state index in [0.717, 1.165) is 30.7 Å². The number of benzene rings is 2. The van der Waals surface area contributed by atoms with Gasteiger partial charge in [0.05, 0.1) is 21.3 Å². The van der Waals surface area contributed by atoms with Crippen LogP contribution in [0.15, 0.2) is 53.1 Å². The average Bonchev–Trinajstić information content (AvgIpc) is 3.64. The first-order chi connectivity index (χ1) is 17.5. The molecule has 6 rings (SSSR count). The van der Waals surface area contributed by atoms with E-state index in [4.69, 9.17) is 4.52 Å². The normalized spacial score (nSPS) is 21.2. The van der Waals surface area contributed by atoms with Crippen LogP contribution in [0.4, 0.5) is 4.39 Å². The minimum Gasteiger partial charge on any atom is -0.355 e. The lowest BCUT2D eigenvalue weighted by atomic mass is 10.0. The molecule has 2 amide bonds. The third-order valence-corrected chi connectivity index (χ3v) is 8.31. The maximum absolute atomic E-state index is 14.0. The SMILES string of the molecule is Cc1nc(C(=O)N2[C@H](CNC(=O)c3noc4ccccc34)C[C@@H]3CCC[C@@H]32)c(-c2cccc(F)c2)s1. The Hall–Kier alpha value is -3.59. The largest absolute Gasteiger partial charge is 0.355 e. The van der Waals surface area contributed by atoms with Gasteiger partial charge in [0.2, 0.25) is 0 Å². The average molecular weight is 505 g/mol. The van der Waals surface area contributed by atoms with Crippen LogP contribution in [0.5, 0.6) is 0 Å². The summed E-state index contributed by atoms with van der Waals surface area (Å²) in [6, 6.07) is 13.5. The van der Waals surface area contributed by atoms with E-state index in [1.54, 1.807) is 24.3 Å². The Kier molecular flexibility index (Phi) is 5.79. The van der Waals surface area contributed by atoms with Crippen molar-refractivity contribution in [3.63, 3.8) is 0 Å². The highest BCUT2D eigenvalue weighted by molar-refractivity contribution is 7.15. The zero-order chi connectivity index (χ0) is 24.8. The number of rotatable bonds is 5. The molecular weight excluding hydrogens is 479 g/mol. The van der Waals surface area contributed by atoms with E-state index in [2.05, 4.69) is 15.5 Å². The highest BCUT2D eigenvalue weighted by atomic mass is 32.1. The fourth-order valence-corrected chi connectivity index (χ4v) is 6.66. The monoisotopic (exact) mass is 504 g/mol. The molecule has 9 heteroatoms. The lowest BCUT2D eigenvalue weighted by Gasteiger charge is -2.30. The van der Waals surface area contributed by atoms with Gasteiger partial charge in [0.15, 0.2) is 11.3 Å². The summed E-state index contributed by atoms with van der Waals surface area (Å²) in [5.41, 5.74) is 1.80. The third-order valence-electron chi connectivity index (χ3n) is 7.29. The highest BCUT2D eigenvalue weighted by Crippen LogP contribution is 2.43. The number of nitrogens with one attached hydrogen (secondary N) is 1. The number of halogens is 1. The van der Waals surface area contributed by atoms with Crippen molar-refractivity contribution >= 4 is 34.1 Å². The van der Waals surface area contributed by atoms with Crippen molar-refractivity contribution in [2.24, 2.45) is 5.92 Å². The second-order valence-electron chi connectivity index (χ2n) is 9.52. The number of carbonyl (C=O) groups excluding carboxylic acids is 2. The standard InChI is InChI=1S/C27H25FN4O3S/c1-15-30-24(25(36-15)17-7-4-8-18(28)12-17)27(34)32-19(13-16-6-5-10-21(16)32)14-29-26(33)23-20-9-2-3-11-22(20)35-31-23/h2-4,7-9,11-12,16,19,21H,5-6,10,13-14H2,1H3,(H,29,33)/t16-,19-,21-/m0/s1. The Morgan fingerprint density at radius 3 is 2.89 bits per heavy atom. The maximum atomic E-state index is 14.0. The van der Waals surface area contributed by atoms with Crippen LogP contribution in [0.1, 0.15) is 51.7 Å². The molecule has 0 bridgehead atoms. The zero-order valence-corrected chi connectivity index (χ0v) is 20.6. The van der Waals surface area contributed by atoms with Gasteiger partial charge in [-0.05, 0) is 61.9 Å². The van der Waals surface area contributed by atoms with Crippen LogP contribution in [0.2, 0.25) is 0 Å². The van der Waals surface area contributed by atoms with Crippen LogP contribution in [0, 0.1) is 18.7 Å². The fraction of sp³-hybridized carbons (Fsp3) is 0.333. The number of hydrogen-bond donors (Lipinski definition) is 1. The smallest absolute Gasteiger partial charge is 0.274 e. The predicted molar refractivity (Wildman–Crippen MR) is 134 cm³/mol. The van der Waals surface area contributed by atoms with Crippen molar-refractivity contribution in [2.75, 3.05) is 6.54 Å². The van der Waals surface area contributed by atoms with Gasteiger partial charge in [0.1, 0.15) is 11.5 Å². The lowest BCUT2D eigenvalue weighted by Crippen LogP contribution is -2.46. The molecule has 1 saturated heterocycles. The summed E-state index contributed by atoms with van der Waals surface area (Å²) < 4.78 is 19.2. The van der Waals surface area contributed by atoms with E-state index >= 15 is 0 Å². The van der Waals surface area contributed by atoms with Crippen molar-refractivity contribution < 1.29 is 18.5 Å². The van der Waals surface area contributed by atoms with Gasteiger partial charge in [-0.2, -0.15) is 0 Å². The molecule has 36 heavy (non-hydrogen) atoms. The number of para-hydroxylation sites is 1. The molecule has 1 N–H and O–H groups in total. The van der Waals surface area contributed by atoms with Crippen LogP contribution in [0.25, 0.3) is 21.4 Å². The summed E-state index contributed by atoms with van der Waals surface area (Å²) in [7, 11) is 0. The number of amides is 2. The summed E-state index contributed by atoms with van der Waals surface area (Å²) in [6.07, 6.45) is 3.91. The Labute approximate surface area is 211 Å². The number of hydrogen-bond acceptors (Lipinski definition) is 6. The molecule has 2 aliphatic rings. The van der Waals surface area contributed by atoms with Crippen LogP contribution < -0.4 is 5.32 Å². The minimum atomic E-state index is -0.352. The molecule has 7 nitrogen and oxygen atoms in total. The molecule has 2 aromatic carbocycles. The molecule has 3 heterocycles. The van der Waals surface area contributed by atoms with Crippen LogP contribution in [-0.4, -0.2) is 45.5 Å². The van der Waals surface area contributed by atoms with Crippen molar-refractivity contribution in [1.29, 1.82) is 0 Å². The molecule has 3 atom stereocenters. The lowest BCUT2D eigenvalue weighted by molar-refractivity contribution is 0.0645. The van der Waals surface area contributed by atoms with E-state index in [9.17, 15) is 14.0 Å². The number of carbonyl (C=O) groups is 2. The molecule has 184 valence electrons. The molecule has 0 unspecified atom stereocenters. The summed E-state index contributed by atoms with van der Waals surface area (Å²) in [6.45, 7) is 2.17. The molecule has 2 fully saturated rings. The molecule has 1 aliphatic heterocycles. The van der Waals surface area contributed by atoms with Crippen LogP contribution in [-0.2, 0) is 0 Å². The van der Waals surface area contributed by atoms with Gasteiger partial charge in [0.25, 0.3) is 11.8 Å². The Balaban J connectivity index is 1.27. The highest BCUT2D eigenvalue weighted by Gasteiger charge is 2.47. The van der Waals surface area contributed by atoms with Gasteiger partial charge in [0, 0.05) is 12.6 Å². The van der Waals surface area contributed by atoms with E-state index in [1.807, 2.05) is 24.0 Å². The van der Waals surface area contributed by atoms with Gasteiger partial charge < -0.3 is 14.7 Å². The van der Waals surface area contributed by atoms with Crippen molar-refractivity contribution in [1.82, 2.24) is 20.4 Å². The van der Waals surface area contributed by atoms with Crippen molar-refractivity contribution in [2.45, 2.75) is 44.7 Å². The summed E-state index contributed by atoms with van der Waals surface area (Å²) in [4.78, 5) is 34.1. The summed E-state index contributed by atoms with van der Waals surface area (Å²) >= 11 is 1.39. The first kappa shape index (κ1) is 22.8. The second kappa shape index (κ2) is 9.13. The Morgan fingerprint density at radius 2 is 2.03 bits per heavy atom. The van der Waals surface area contributed by atoms with Gasteiger partial charge in [-0.15, -0.1) is 11.3 Å².